The van der Waals surface area contributed by atoms with Crippen LogP contribution < -0.4 is 5.32 Å². The van der Waals surface area contributed by atoms with Crippen LogP contribution in [0.15, 0.2) is 91.0 Å². The van der Waals surface area contributed by atoms with E-state index in [2.05, 4.69) is 11.9 Å². The molecule has 3 aliphatic heterocycles. The minimum atomic E-state index is -1.66. The number of benzene rings is 3. The lowest BCUT2D eigenvalue weighted by Gasteiger charge is -2.51. The first kappa shape index (κ1) is 28.6. The average Bonchev–Trinajstić information content (AvgIpc) is 3.47. The van der Waals surface area contributed by atoms with E-state index >= 15 is 4.79 Å². The van der Waals surface area contributed by atoms with Crippen LogP contribution in [-0.4, -0.2) is 63.9 Å². The van der Waals surface area contributed by atoms with Crippen molar-refractivity contribution in [2.45, 2.75) is 11.5 Å². The minimum Gasteiger partial charge on any atom is -0.334 e. The first-order valence-corrected chi connectivity index (χ1v) is 13.8. The van der Waals surface area contributed by atoms with Gasteiger partial charge in [-0.2, -0.15) is 0 Å². The number of piperidine rings is 1. The lowest BCUT2D eigenvalue weighted by atomic mass is 9.56. The van der Waals surface area contributed by atoms with Gasteiger partial charge in [-0.15, -0.1) is 0 Å². The van der Waals surface area contributed by atoms with E-state index in [9.17, 15) is 29.8 Å². The van der Waals surface area contributed by atoms with Gasteiger partial charge in [-0.1, -0.05) is 49.0 Å². The number of amides is 2. The van der Waals surface area contributed by atoms with E-state index in [1.165, 1.54) is 47.4 Å². The van der Waals surface area contributed by atoms with Crippen LogP contribution in [0.4, 0.5) is 17.1 Å². The van der Waals surface area contributed by atoms with Gasteiger partial charge in [0.05, 0.1) is 15.3 Å². The third kappa shape index (κ3) is 3.98. The molecule has 3 aromatic carbocycles. The van der Waals surface area contributed by atoms with Crippen molar-refractivity contribution < 1.29 is 24.2 Å². The molecule has 3 atom stereocenters. The Balaban J connectivity index is 1.66. The Kier molecular flexibility index (Phi) is 6.73. The van der Waals surface area contributed by atoms with E-state index in [1.54, 1.807) is 48.3 Å². The number of carbonyl (C=O) groups is 3. The van der Waals surface area contributed by atoms with E-state index < -0.39 is 44.3 Å². The van der Waals surface area contributed by atoms with Crippen LogP contribution in [0, 0.1) is 25.6 Å². The van der Waals surface area contributed by atoms with Crippen LogP contribution >= 0.6 is 0 Å². The maximum Gasteiger partial charge on any atom is 0.270 e. The van der Waals surface area contributed by atoms with Gasteiger partial charge < -0.3 is 10.2 Å². The lowest BCUT2D eigenvalue weighted by Crippen LogP contribution is -2.66. The van der Waals surface area contributed by atoms with Crippen molar-refractivity contribution in [1.82, 2.24) is 9.80 Å². The maximum atomic E-state index is 15.2. The minimum absolute atomic E-state index is 0.126. The van der Waals surface area contributed by atoms with Gasteiger partial charge in [-0.25, -0.2) is 0 Å². The van der Waals surface area contributed by atoms with Crippen LogP contribution in [0.3, 0.4) is 0 Å². The molecule has 44 heavy (non-hydrogen) atoms. The highest BCUT2D eigenvalue weighted by Crippen LogP contribution is 2.64. The number of ketones is 1. The molecule has 0 aromatic heterocycles. The normalized spacial score (nSPS) is 25.3. The first-order valence-electron chi connectivity index (χ1n) is 13.8. The lowest BCUT2D eigenvalue weighted by molar-refractivity contribution is -0.385. The highest BCUT2D eigenvalue weighted by Gasteiger charge is 2.75. The number of Topliss-reactive ketones (excluding diaryl/α,β-unsaturated/α-hetero) is 1. The molecule has 222 valence electrons. The van der Waals surface area contributed by atoms with Gasteiger partial charge in [0.25, 0.3) is 17.3 Å². The molecule has 0 bridgehead atoms. The highest BCUT2D eigenvalue weighted by atomic mass is 16.6. The molecule has 6 rings (SSSR count). The van der Waals surface area contributed by atoms with Crippen LogP contribution in [-0.2, 0) is 19.9 Å². The number of hydrogen-bond donors (Lipinski definition) is 1. The van der Waals surface area contributed by atoms with E-state index in [1.807, 2.05) is 0 Å². The Bertz CT molecular complexity index is 1820. The first-order chi connectivity index (χ1) is 21.0. The molecule has 2 amide bonds. The van der Waals surface area contributed by atoms with Crippen molar-refractivity contribution >= 4 is 40.7 Å². The standard InChI is InChI=1S/C32H27N5O7/c1-3-28(38)35-17-22(14-20-8-6-10-23(15-20)36(41)42)29(39)31(19-35)26(21-9-7-11-24(16-21)37(43)44)18-34(2)32(31)25-12-4-5-13-27(25)33-30(32)40/h3-16,26H,1,17-19H2,2H3,(H,33,40)/b22-14+/t26-,31+,32+/m0/s1. The smallest absolute Gasteiger partial charge is 0.270 e. The number of fused-ring (bicyclic) bond motifs is 3. The number of likely N-dealkylation sites (N-methyl/N-ethyl adjacent to an activating group) is 1. The van der Waals surface area contributed by atoms with Crippen molar-refractivity contribution in [2.24, 2.45) is 5.41 Å². The average molecular weight is 594 g/mol. The molecule has 0 unspecified atom stereocenters. The fourth-order valence-electron chi connectivity index (χ4n) is 7.33. The van der Waals surface area contributed by atoms with Gasteiger partial charge in [-0.05, 0) is 36.4 Å². The molecule has 2 fully saturated rings. The van der Waals surface area contributed by atoms with Gasteiger partial charge in [0.15, 0.2) is 5.78 Å². The maximum absolute atomic E-state index is 15.2. The van der Waals surface area contributed by atoms with Gasteiger partial charge in [0, 0.05) is 66.6 Å². The van der Waals surface area contributed by atoms with E-state index in [4.69, 9.17) is 0 Å². The molecule has 1 N–H and O–H groups in total. The number of para-hydroxylation sites is 1. The fourth-order valence-corrected chi connectivity index (χ4v) is 7.33. The van der Waals surface area contributed by atoms with Crippen molar-refractivity contribution in [3.63, 3.8) is 0 Å². The molecule has 2 spiro atoms. The van der Waals surface area contributed by atoms with E-state index in [0.29, 0.717) is 22.4 Å². The molecule has 12 nitrogen and oxygen atoms in total. The number of rotatable bonds is 5. The number of nitrogens with zero attached hydrogens (tertiary/aromatic N) is 4. The van der Waals surface area contributed by atoms with Crippen LogP contribution in [0.2, 0.25) is 0 Å². The zero-order valence-electron chi connectivity index (χ0n) is 23.6. The second kappa shape index (κ2) is 10.3. The number of nitro benzene ring substituents is 2. The van der Waals surface area contributed by atoms with Crippen molar-refractivity contribution in [3.05, 3.63) is 128 Å². The Morgan fingerprint density at radius 2 is 1.68 bits per heavy atom. The number of carbonyl (C=O) groups excluding carboxylic acids is 3. The molecule has 3 aromatic rings. The van der Waals surface area contributed by atoms with Crippen LogP contribution in [0.25, 0.3) is 6.08 Å². The SMILES string of the molecule is C=CC(=O)N1C/C(=C\c2cccc([N+](=O)[O-])c2)C(=O)[C@@]2(C1)[C@H](c1cccc([N+](=O)[O-])c1)CN(C)[C@]21C(=O)Nc2ccccc21. The Morgan fingerprint density at radius 1 is 1.00 bits per heavy atom. The summed E-state index contributed by atoms with van der Waals surface area (Å²) in [6, 6.07) is 18.8. The molecule has 0 radical (unpaired) electrons. The van der Waals surface area contributed by atoms with Crippen molar-refractivity contribution in [2.75, 3.05) is 32.0 Å². The summed E-state index contributed by atoms with van der Waals surface area (Å²) in [5.74, 6) is -2.13. The molecular weight excluding hydrogens is 566 g/mol. The summed E-state index contributed by atoms with van der Waals surface area (Å²) in [6.45, 7) is 3.50. The molecule has 3 heterocycles. The molecule has 0 saturated carbocycles. The zero-order chi connectivity index (χ0) is 31.4. The van der Waals surface area contributed by atoms with Crippen LogP contribution in [0.5, 0.6) is 0 Å². The second-order valence-corrected chi connectivity index (χ2v) is 11.2. The zero-order valence-corrected chi connectivity index (χ0v) is 23.6. The number of nitrogens with one attached hydrogen (secondary N) is 1. The van der Waals surface area contributed by atoms with Crippen molar-refractivity contribution in [3.8, 4) is 0 Å². The summed E-state index contributed by atoms with van der Waals surface area (Å²) in [7, 11) is 1.73. The summed E-state index contributed by atoms with van der Waals surface area (Å²) in [5, 5.41) is 26.2. The summed E-state index contributed by atoms with van der Waals surface area (Å²) in [5.41, 5.74) is -1.53. The molecule has 2 saturated heterocycles. The van der Waals surface area contributed by atoms with Crippen LogP contribution in [0.1, 0.15) is 22.6 Å². The monoisotopic (exact) mass is 593 g/mol. The molecule has 3 aliphatic rings. The van der Waals surface area contributed by atoms with E-state index in [-0.39, 0.29) is 36.6 Å². The summed E-state index contributed by atoms with van der Waals surface area (Å²) >= 11 is 0. The predicted octanol–water partition coefficient (Wildman–Crippen LogP) is 4.05. The number of non-ortho nitro benzene ring substituents is 2. The molecule has 0 aliphatic carbocycles. The summed E-state index contributed by atoms with van der Waals surface area (Å²) < 4.78 is 0. The van der Waals surface area contributed by atoms with Gasteiger partial charge in [-0.3, -0.25) is 39.5 Å². The number of likely N-dealkylation sites (tertiary alicyclic amines) is 2. The summed E-state index contributed by atoms with van der Waals surface area (Å²) in [6.07, 6.45) is 2.64. The summed E-state index contributed by atoms with van der Waals surface area (Å²) in [4.78, 5) is 68.3. The molecule has 12 heteroatoms. The topological polar surface area (TPSA) is 156 Å². The third-order valence-corrected chi connectivity index (χ3v) is 9.05. The Labute approximate surface area is 251 Å². The van der Waals surface area contributed by atoms with Gasteiger partial charge >= 0.3 is 0 Å². The van der Waals surface area contributed by atoms with Crippen molar-refractivity contribution in [1.29, 1.82) is 0 Å². The quantitative estimate of drug-likeness (QED) is 0.264. The number of nitro groups is 2. The predicted molar refractivity (Wildman–Crippen MR) is 161 cm³/mol. The highest BCUT2D eigenvalue weighted by molar-refractivity contribution is 6.16. The third-order valence-electron chi connectivity index (χ3n) is 9.05. The van der Waals surface area contributed by atoms with Gasteiger partial charge in [0.2, 0.25) is 5.91 Å². The Morgan fingerprint density at radius 3 is 2.39 bits per heavy atom. The van der Waals surface area contributed by atoms with Gasteiger partial charge in [0.1, 0.15) is 5.54 Å². The largest absolute Gasteiger partial charge is 0.334 e. The fraction of sp³-hybridized carbons (Fsp3) is 0.219. The number of hydrogen-bond acceptors (Lipinski definition) is 8. The van der Waals surface area contributed by atoms with E-state index in [0.717, 1.165) is 6.08 Å². The Hall–Kier alpha value is -5.49. The second-order valence-electron chi connectivity index (χ2n) is 11.2. The number of anilines is 1. The molecular formula is C32H27N5O7.